The van der Waals surface area contributed by atoms with Gasteiger partial charge in [-0.2, -0.15) is 0 Å². The molecule has 56 valence electrons. The van der Waals surface area contributed by atoms with Crippen LogP contribution in [0.25, 0.3) is 0 Å². The van der Waals surface area contributed by atoms with Crippen molar-refractivity contribution in [1.82, 2.24) is 5.32 Å². The molecular formula is C6H17N3. The number of rotatable bonds is 0. The van der Waals surface area contributed by atoms with Gasteiger partial charge < -0.3 is 16.8 Å². The second-order valence-corrected chi connectivity index (χ2v) is 2.16. The molecule has 3 heteroatoms. The molecule has 0 spiro atoms. The molecule has 5 N–H and O–H groups in total. The smallest absolute Gasteiger partial charge is 0.0177 e. The Hall–Kier alpha value is -0.120. The highest BCUT2D eigenvalue weighted by Crippen LogP contribution is 1.90. The summed E-state index contributed by atoms with van der Waals surface area (Å²) >= 11 is 0. The number of hydrogen-bond acceptors (Lipinski definition) is 3. The van der Waals surface area contributed by atoms with Crippen molar-refractivity contribution in [1.29, 1.82) is 0 Å². The molecule has 1 rings (SSSR count). The van der Waals surface area contributed by atoms with Gasteiger partial charge in [-0.25, -0.2) is 0 Å². The number of nitrogens with one attached hydrogen (secondary N) is 1. The van der Waals surface area contributed by atoms with Gasteiger partial charge in [-0.3, -0.25) is 0 Å². The quantitative estimate of drug-likeness (QED) is 0.406. The molecule has 1 unspecified atom stereocenters. The summed E-state index contributed by atoms with van der Waals surface area (Å²) in [5, 5.41) is 3.15. The van der Waals surface area contributed by atoms with E-state index in [1.165, 1.54) is 0 Å². The standard InChI is InChI=1S/C4H10N2.C2H7N/c5-4-1-2-6-3-4;1-2-3/h4,6H,1-3,5H2;2-3H2,1H3. The van der Waals surface area contributed by atoms with Crippen LogP contribution in [0.5, 0.6) is 0 Å². The summed E-state index contributed by atoms with van der Waals surface area (Å²) < 4.78 is 0. The van der Waals surface area contributed by atoms with Gasteiger partial charge in [0.15, 0.2) is 0 Å². The Morgan fingerprint density at radius 2 is 2.22 bits per heavy atom. The van der Waals surface area contributed by atoms with Crippen molar-refractivity contribution in [2.24, 2.45) is 11.5 Å². The fraction of sp³-hybridized carbons (Fsp3) is 1.00. The van der Waals surface area contributed by atoms with E-state index in [0.717, 1.165) is 26.1 Å². The lowest BCUT2D eigenvalue weighted by Crippen LogP contribution is -2.21. The fourth-order valence-electron chi connectivity index (χ4n) is 0.677. The predicted octanol–water partition coefficient (Wildman–Crippen LogP) is -0.728. The highest BCUT2D eigenvalue weighted by Gasteiger charge is 2.06. The summed E-state index contributed by atoms with van der Waals surface area (Å²) in [6, 6.07) is 0.435. The van der Waals surface area contributed by atoms with Crippen LogP contribution in [0.3, 0.4) is 0 Å². The van der Waals surface area contributed by atoms with Crippen LogP contribution in [0.4, 0.5) is 0 Å². The molecule has 0 aromatic heterocycles. The first kappa shape index (κ1) is 8.88. The maximum absolute atomic E-state index is 5.47. The van der Waals surface area contributed by atoms with Gasteiger partial charge in [0, 0.05) is 12.6 Å². The van der Waals surface area contributed by atoms with Crippen LogP contribution in [-0.2, 0) is 0 Å². The minimum Gasteiger partial charge on any atom is -0.331 e. The number of hydrogen-bond donors (Lipinski definition) is 3. The van der Waals surface area contributed by atoms with Gasteiger partial charge in [0.2, 0.25) is 0 Å². The van der Waals surface area contributed by atoms with Crippen molar-refractivity contribution < 1.29 is 0 Å². The van der Waals surface area contributed by atoms with Crippen molar-refractivity contribution in [2.75, 3.05) is 19.6 Å². The van der Waals surface area contributed by atoms with Crippen molar-refractivity contribution in [3.8, 4) is 0 Å². The van der Waals surface area contributed by atoms with Gasteiger partial charge in [-0.1, -0.05) is 6.92 Å². The molecule has 0 radical (unpaired) electrons. The number of nitrogens with two attached hydrogens (primary N) is 2. The van der Waals surface area contributed by atoms with Gasteiger partial charge >= 0.3 is 0 Å². The van der Waals surface area contributed by atoms with E-state index in [4.69, 9.17) is 11.5 Å². The van der Waals surface area contributed by atoms with Crippen molar-refractivity contribution in [3.05, 3.63) is 0 Å². The normalized spacial score (nSPS) is 25.0. The summed E-state index contributed by atoms with van der Waals surface area (Å²) in [6.45, 7) is 4.78. The second kappa shape index (κ2) is 6.01. The maximum atomic E-state index is 5.47. The average molecular weight is 131 g/mol. The molecule has 0 bridgehead atoms. The van der Waals surface area contributed by atoms with E-state index >= 15 is 0 Å². The highest BCUT2D eigenvalue weighted by molar-refractivity contribution is 4.72. The lowest BCUT2D eigenvalue weighted by Gasteiger charge is -1.91. The lowest BCUT2D eigenvalue weighted by atomic mass is 10.3. The molecule has 0 aromatic carbocycles. The Kier molecular flexibility index (Phi) is 5.93. The van der Waals surface area contributed by atoms with Gasteiger partial charge in [0.1, 0.15) is 0 Å². The van der Waals surface area contributed by atoms with Gasteiger partial charge in [-0.05, 0) is 19.5 Å². The molecule has 1 fully saturated rings. The zero-order chi connectivity index (χ0) is 7.11. The molecular weight excluding hydrogens is 114 g/mol. The fourth-order valence-corrected chi connectivity index (χ4v) is 0.677. The Labute approximate surface area is 56.8 Å². The molecule has 1 saturated heterocycles. The molecule has 0 aliphatic carbocycles. The molecule has 0 aromatic rings. The van der Waals surface area contributed by atoms with E-state index in [0.29, 0.717) is 6.04 Å². The monoisotopic (exact) mass is 131 g/mol. The zero-order valence-electron chi connectivity index (χ0n) is 6.06. The zero-order valence-corrected chi connectivity index (χ0v) is 6.06. The maximum Gasteiger partial charge on any atom is 0.0177 e. The Bertz CT molecular complexity index is 50.3. The molecule has 0 saturated carbocycles. The van der Waals surface area contributed by atoms with Crippen molar-refractivity contribution in [3.63, 3.8) is 0 Å². The van der Waals surface area contributed by atoms with Gasteiger partial charge in [-0.15, -0.1) is 0 Å². The van der Waals surface area contributed by atoms with Gasteiger partial charge in [0.25, 0.3) is 0 Å². The van der Waals surface area contributed by atoms with Crippen molar-refractivity contribution >= 4 is 0 Å². The van der Waals surface area contributed by atoms with Crippen LogP contribution < -0.4 is 16.8 Å². The highest BCUT2D eigenvalue weighted by atomic mass is 14.9. The second-order valence-electron chi connectivity index (χ2n) is 2.16. The molecule has 9 heavy (non-hydrogen) atoms. The first-order valence-corrected chi connectivity index (χ1v) is 3.47. The largest absolute Gasteiger partial charge is 0.331 e. The molecule has 3 nitrogen and oxygen atoms in total. The Morgan fingerprint density at radius 3 is 2.33 bits per heavy atom. The summed E-state index contributed by atoms with van der Waals surface area (Å²) in [5.74, 6) is 0. The summed E-state index contributed by atoms with van der Waals surface area (Å²) in [5.41, 5.74) is 10.3. The Balaban J connectivity index is 0.000000187. The lowest BCUT2D eigenvalue weighted by molar-refractivity contribution is 0.742. The van der Waals surface area contributed by atoms with Crippen LogP contribution in [0.1, 0.15) is 13.3 Å². The molecule has 1 aliphatic heterocycles. The van der Waals surface area contributed by atoms with E-state index in [-0.39, 0.29) is 0 Å². The molecule has 1 atom stereocenters. The van der Waals surface area contributed by atoms with E-state index in [1.807, 2.05) is 6.92 Å². The first-order chi connectivity index (χ1) is 4.31. The van der Waals surface area contributed by atoms with E-state index in [9.17, 15) is 0 Å². The van der Waals surface area contributed by atoms with Crippen LogP contribution in [0.2, 0.25) is 0 Å². The summed E-state index contributed by atoms with van der Waals surface area (Å²) in [7, 11) is 0. The summed E-state index contributed by atoms with van der Waals surface area (Å²) in [6.07, 6.45) is 1.15. The summed E-state index contributed by atoms with van der Waals surface area (Å²) in [4.78, 5) is 0. The van der Waals surface area contributed by atoms with E-state index in [1.54, 1.807) is 0 Å². The first-order valence-electron chi connectivity index (χ1n) is 3.47. The van der Waals surface area contributed by atoms with E-state index in [2.05, 4.69) is 5.32 Å². The van der Waals surface area contributed by atoms with Crippen LogP contribution >= 0.6 is 0 Å². The third-order valence-corrected chi connectivity index (χ3v) is 1.10. The van der Waals surface area contributed by atoms with Crippen molar-refractivity contribution in [2.45, 2.75) is 19.4 Å². The third kappa shape index (κ3) is 5.76. The van der Waals surface area contributed by atoms with Crippen LogP contribution in [0, 0.1) is 0 Å². The Morgan fingerprint density at radius 1 is 1.67 bits per heavy atom. The molecule has 1 heterocycles. The van der Waals surface area contributed by atoms with Crippen LogP contribution in [-0.4, -0.2) is 25.7 Å². The van der Waals surface area contributed by atoms with Crippen LogP contribution in [0.15, 0.2) is 0 Å². The average Bonchev–Trinajstić information content (AvgIpc) is 2.20. The topological polar surface area (TPSA) is 64.1 Å². The van der Waals surface area contributed by atoms with Gasteiger partial charge in [0.05, 0.1) is 0 Å². The molecule has 1 aliphatic rings. The minimum absolute atomic E-state index is 0.435. The molecule has 0 amide bonds. The predicted molar refractivity (Wildman–Crippen MR) is 40.2 cm³/mol. The SMILES string of the molecule is CCN.NC1CCNC1. The van der Waals surface area contributed by atoms with E-state index < -0.39 is 0 Å². The third-order valence-electron chi connectivity index (χ3n) is 1.10. The minimum atomic E-state index is 0.435.